The maximum Gasteiger partial charge on any atom is 0.225 e. The van der Waals surface area contributed by atoms with Gasteiger partial charge in [-0.3, -0.25) is 9.59 Å². The summed E-state index contributed by atoms with van der Waals surface area (Å²) in [5, 5.41) is 2.86. The number of hydrogen-bond donors (Lipinski definition) is 1. The molecule has 1 aliphatic heterocycles. The Morgan fingerprint density at radius 2 is 1.80 bits per heavy atom. The van der Waals surface area contributed by atoms with Gasteiger partial charge in [-0.25, -0.2) is 14.4 Å². The van der Waals surface area contributed by atoms with Crippen molar-refractivity contribution in [3.63, 3.8) is 0 Å². The minimum absolute atomic E-state index is 0.0102. The van der Waals surface area contributed by atoms with Gasteiger partial charge < -0.3 is 10.2 Å². The average Bonchev–Trinajstić information content (AvgIpc) is 3.19. The number of carbonyl (C=O) groups excluding carboxylic acids is 2. The quantitative estimate of drug-likeness (QED) is 0.791. The Bertz CT molecular complexity index is 904. The largest absolute Gasteiger partial charge is 0.352 e. The number of benzene rings is 1. The number of likely N-dealkylation sites (tertiary alicyclic amines) is 1. The number of carbonyl (C=O) groups is 2. The normalized spacial score (nSPS) is 16.2. The fourth-order valence-electron chi connectivity index (χ4n) is 3.77. The fraction of sp³-hybridized carbons (Fsp3) is 0.478. The molecular formula is C23H29FN4O2. The van der Waals surface area contributed by atoms with E-state index in [0.29, 0.717) is 13.1 Å². The van der Waals surface area contributed by atoms with E-state index >= 15 is 0 Å². The predicted molar refractivity (Wildman–Crippen MR) is 112 cm³/mol. The van der Waals surface area contributed by atoms with Crippen LogP contribution in [0.4, 0.5) is 4.39 Å². The predicted octanol–water partition coefficient (Wildman–Crippen LogP) is 3.06. The third-order valence-electron chi connectivity index (χ3n) is 5.54. The molecule has 7 heteroatoms. The molecular weight excluding hydrogens is 383 g/mol. The lowest BCUT2D eigenvalue weighted by molar-refractivity contribution is -0.133. The average molecular weight is 413 g/mol. The number of hydrogen-bond acceptors (Lipinski definition) is 4. The van der Waals surface area contributed by atoms with Crippen LogP contribution < -0.4 is 5.32 Å². The van der Waals surface area contributed by atoms with E-state index in [1.165, 1.54) is 12.1 Å². The van der Waals surface area contributed by atoms with E-state index in [1.807, 2.05) is 32.6 Å². The van der Waals surface area contributed by atoms with Gasteiger partial charge in [0, 0.05) is 48.4 Å². The van der Waals surface area contributed by atoms with Crippen LogP contribution in [0.15, 0.2) is 24.3 Å². The summed E-state index contributed by atoms with van der Waals surface area (Å²) in [5.74, 6) is 0.610. The van der Waals surface area contributed by atoms with Crippen LogP contribution in [0.2, 0.25) is 0 Å². The van der Waals surface area contributed by atoms with Crippen molar-refractivity contribution in [2.24, 2.45) is 5.92 Å². The van der Waals surface area contributed by atoms with Crippen LogP contribution in [-0.2, 0) is 22.6 Å². The van der Waals surface area contributed by atoms with E-state index in [1.54, 1.807) is 12.1 Å². The molecule has 0 aliphatic carbocycles. The topological polar surface area (TPSA) is 75.2 Å². The first-order valence-corrected chi connectivity index (χ1v) is 10.4. The van der Waals surface area contributed by atoms with Crippen molar-refractivity contribution in [2.75, 3.05) is 13.1 Å². The van der Waals surface area contributed by atoms with Crippen molar-refractivity contribution in [1.82, 2.24) is 20.2 Å². The first kappa shape index (κ1) is 21.9. The number of amides is 2. The van der Waals surface area contributed by atoms with Gasteiger partial charge in [-0.1, -0.05) is 26.0 Å². The third-order valence-corrected chi connectivity index (χ3v) is 5.54. The first-order valence-electron chi connectivity index (χ1n) is 10.4. The Labute approximate surface area is 176 Å². The van der Waals surface area contributed by atoms with Gasteiger partial charge in [0.05, 0.1) is 6.42 Å². The van der Waals surface area contributed by atoms with Crippen molar-refractivity contribution in [2.45, 2.75) is 53.0 Å². The smallest absolute Gasteiger partial charge is 0.225 e. The molecule has 0 radical (unpaired) electrons. The number of aryl methyl sites for hydroxylation is 2. The molecule has 160 valence electrons. The Hall–Kier alpha value is -2.83. The molecule has 1 N–H and O–H groups in total. The van der Waals surface area contributed by atoms with Gasteiger partial charge in [0.15, 0.2) is 0 Å². The molecule has 1 aromatic carbocycles. The molecule has 0 spiro atoms. The molecule has 1 atom stereocenters. The number of halogens is 1. The Morgan fingerprint density at radius 1 is 1.17 bits per heavy atom. The lowest BCUT2D eigenvalue weighted by atomic mass is 10.0. The molecule has 2 aromatic rings. The zero-order valence-electron chi connectivity index (χ0n) is 18.0. The molecule has 1 fully saturated rings. The molecule has 0 saturated carbocycles. The number of nitrogens with zero attached hydrogens (tertiary/aromatic N) is 3. The molecule has 3 rings (SSSR count). The van der Waals surface area contributed by atoms with Gasteiger partial charge in [-0.05, 0) is 38.0 Å². The lowest BCUT2D eigenvalue weighted by Gasteiger charge is -2.19. The monoisotopic (exact) mass is 412 g/mol. The summed E-state index contributed by atoms with van der Waals surface area (Å²) >= 11 is 0. The summed E-state index contributed by atoms with van der Waals surface area (Å²) in [6.07, 6.45) is 1.05. The molecule has 1 aliphatic rings. The molecule has 1 aromatic heterocycles. The fourth-order valence-corrected chi connectivity index (χ4v) is 3.77. The summed E-state index contributed by atoms with van der Waals surface area (Å²) in [6.45, 7) is 9.34. The number of rotatable bonds is 6. The maximum absolute atomic E-state index is 13.0. The molecule has 30 heavy (non-hydrogen) atoms. The van der Waals surface area contributed by atoms with Gasteiger partial charge in [0.2, 0.25) is 11.8 Å². The van der Waals surface area contributed by atoms with Crippen molar-refractivity contribution in [3.8, 4) is 0 Å². The van der Waals surface area contributed by atoms with Crippen LogP contribution in [0.3, 0.4) is 0 Å². The SMILES string of the molecule is Cc1nc([C@H]2CCN(C(=O)C(C)C)C2)nc(C)c1CC(=O)NCc1ccc(F)cc1. The molecule has 0 unspecified atom stereocenters. The molecule has 6 nitrogen and oxygen atoms in total. The molecule has 2 amide bonds. The highest BCUT2D eigenvalue weighted by molar-refractivity contribution is 5.79. The van der Waals surface area contributed by atoms with Crippen LogP contribution in [-0.4, -0.2) is 39.8 Å². The Kier molecular flexibility index (Phi) is 6.80. The zero-order chi connectivity index (χ0) is 21.8. The van der Waals surface area contributed by atoms with Crippen LogP contribution in [0.5, 0.6) is 0 Å². The van der Waals surface area contributed by atoms with Gasteiger partial charge >= 0.3 is 0 Å². The van der Waals surface area contributed by atoms with E-state index in [-0.39, 0.29) is 35.9 Å². The molecule has 2 heterocycles. The van der Waals surface area contributed by atoms with Crippen LogP contribution in [0, 0.1) is 25.6 Å². The van der Waals surface area contributed by atoms with Gasteiger partial charge in [-0.15, -0.1) is 0 Å². The highest BCUT2D eigenvalue weighted by Crippen LogP contribution is 2.27. The first-order chi connectivity index (χ1) is 14.2. The van der Waals surface area contributed by atoms with Gasteiger partial charge in [-0.2, -0.15) is 0 Å². The van der Waals surface area contributed by atoms with E-state index in [4.69, 9.17) is 0 Å². The molecule has 1 saturated heterocycles. The van der Waals surface area contributed by atoms with Gasteiger partial charge in [0.25, 0.3) is 0 Å². The second-order valence-corrected chi connectivity index (χ2v) is 8.24. The summed E-state index contributed by atoms with van der Waals surface area (Å²) in [6, 6.07) is 6.06. The van der Waals surface area contributed by atoms with Crippen molar-refractivity contribution >= 4 is 11.8 Å². The standard InChI is InChI=1S/C23H29FN4O2/c1-14(2)23(30)28-10-9-18(13-28)22-26-15(3)20(16(4)27-22)11-21(29)25-12-17-5-7-19(24)8-6-17/h5-8,14,18H,9-13H2,1-4H3,(H,25,29)/t18-/m0/s1. The summed E-state index contributed by atoms with van der Waals surface area (Å²) in [7, 11) is 0. The van der Waals surface area contributed by atoms with E-state index in [9.17, 15) is 14.0 Å². The van der Waals surface area contributed by atoms with E-state index in [0.717, 1.165) is 41.3 Å². The van der Waals surface area contributed by atoms with E-state index < -0.39 is 0 Å². The van der Waals surface area contributed by atoms with Crippen LogP contribution in [0.25, 0.3) is 0 Å². The lowest BCUT2D eigenvalue weighted by Crippen LogP contribution is -2.32. The highest BCUT2D eigenvalue weighted by Gasteiger charge is 2.30. The number of aromatic nitrogens is 2. The molecule has 0 bridgehead atoms. The minimum Gasteiger partial charge on any atom is -0.352 e. The Balaban J connectivity index is 1.62. The van der Waals surface area contributed by atoms with Crippen LogP contribution in [0.1, 0.15) is 54.5 Å². The zero-order valence-corrected chi connectivity index (χ0v) is 18.0. The summed E-state index contributed by atoms with van der Waals surface area (Å²) in [4.78, 5) is 35.8. The second-order valence-electron chi connectivity index (χ2n) is 8.24. The van der Waals surface area contributed by atoms with Crippen molar-refractivity contribution < 1.29 is 14.0 Å². The summed E-state index contributed by atoms with van der Waals surface area (Å²) in [5.41, 5.74) is 3.25. The third kappa shape index (κ3) is 5.20. The minimum atomic E-state index is -0.299. The summed E-state index contributed by atoms with van der Waals surface area (Å²) < 4.78 is 13.0. The highest BCUT2D eigenvalue weighted by atomic mass is 19.1. The second kappa shape index (κ2) is 9.32. The number of nitrogens with one attached hydrogen (secondary N) is 1. The Morgan fingerprint density at radius 3 is 2.40 bits per heavy atom. The van der Waals surface area contributed by atoms with E-state index in [2.05, 4.69) is 15.3 Å². The van der Waals surface area contributed by atoms with Crippen molar-refractivity contribution in [1.29, 1.82) is 0 Å². The van der Waals surface area contributed by atoms with Gasteiger partial charge in [0.1, 0.15) is 11.6 Å². The van der Waals surface area contributed by atoms with Crippen molar-refractivity contribution in [3.05, 3.63) is 58.4 Å². The van der Waals surface area contributed by atoms with Crippen LogP contribution >= 0.6 is 0 Å². The maximum atomic E-state index is 13.0.